The molecule has 2 heterocycles. The van der Waals surface area contributed by atoms with Crippen LogP contribution >= 0.6 is 0 Å². The number of nitrogens with zero attached hydrogens (tertiary/aromatic N) is 2. The molecule has 0 unspecified atom stereocenters. The van der Waals surface area contributed by atoms with E-state index in [1.807, 2.05) is 72.8 Å². The summed E-state index contributed by atoms with van der Waals surface area (Å²) in [5.74, 6) is -1.28. The zero-order chi connectivity index (χ0) is 35.7. The summed E-state index contributed by atoms with van der Waals surface area (Å²) < 4.78 is 40.1. The molecule has 6 aromatic rings. The minimum atomic E-state index is -0.832. The molecule has 258 valence electrons. The fraction of sp³-hybridized carbons (Fsp3) is 0.125. The maximum absolute atomic E-state index is 14.5. The molecule has 6 rings (SSSR count). The lowest BCUT2D eigenvalue weighted by Crippen LogP contribution is -2.37. The summed E-state index contributed by atoms with van der Waals surface area (Å²) in [4.78, 5) is 39.0. The average Bonchev–Trinajstić information content (AvgIpc) is 3.16. The normalized spacial score (nSPS) is 11.1. The number of pyridine rings is 2. The molecule has 2 N–H and O–H groups in total. The third-order valence-electron chi connectivity index (χ3n) is 8.10. The Kier molecular flexibility index (Phi) is 10.7. The van der Waals surface area contributed by atoms with Crippen LogP contribution < -0.4 is 30.5 Å². The van der Waals surface area contributed by atoms with Crippen molar-refractivity contribution in [2.75, 3.05) is 19.5 Å². The molecule has 0 fully saturated rings. The number of nitrogens with one attached hydrogen (secondary N) is 2. The van der Waals surface area contributed by atoms with Crippen LogP contribution in [0.2, 0.25) is 0 Å². The Morgan fingerprint density at radius 3 is 2.27 bits per heavy atom. The van der Waals surface area contributed by atoms with Gasteiger partial charge in [0, 0.05) is 47.9 Å². The average molecular weight is 689 g/mol. The number of rotatable bonds is 13. The molecule has 11 heteroatoms. The summed E-state index contributed by atoms with van der Waals surface area (Å²) in [5, 5.41) is 6.33. The van der Waals surface area contributed by atoms with Gasteiger partial charge in [-0.05, 0) is 41.0 Å². The Morgan fingerprint density at radius 2 is 1.55 bits per heavy atom. The third-order valence-corrected chi connectivity index (χ3v) is 8.10. The van der Waals surface area contributed by atoms with Crippen LogP contribution in [0.3, 0.4) is 0 Å². The Labute approximate surface area is 292 Å². The lowest BCUT2D eigenvalue weighted by Gasteiger charge is -2.19. The van der Waals surface area contributed by atoms with E-state index in [4.69, 9.17) is 14.3 Å². The van der Waals surface area contributed by atoms with E-state index >= 15 is 0 Å². The highest BCUT2D eigenvalue weighted by Gasteiger charge is 2.25. The van der Waals surface area contributed by atoms with Crippen LogP contribution in [0.15, 0.2) is 114 Å². The monoisotopic (exact) mass is 688 g/mol. The van der Waals surface area contributed by atoms with E-state index < -0.39 is 23.1 Å². The smallest absolute Gasteiger partial charge is 0.300 e. The van der Waals surface area contributed by atoms with Crippen molar-refractivity contribution in [1.29, 1.82) is 0 Å². The van der Waals surface area contributed by atoms with Gasteiger partial charge in [-0.25, -0.2) is 13.8 Å². The van der Waals surface area contributed by atoms with Crippen LogP contribution in [-0.4, -0.2) is 29.8 Å². The van der Waals surface area contributed by atoms with Gasteiger partial charge in [0.25, 0.3) is 11.5 Å². The van der Waals surface area contributed by atoms with Gasteiger partial charge in [0.2, 0.25) is 0 Å². The van der Waals surface area contributed by atoms with E-state index in [2.05, 4.69) is 15.6 Å². The number of carbonyl (C=O) groups is 1. The third kappa shape index (κ3) is 8.05. The first kappa shape index (κ1) is 34.4. The molecule has 0 spiro atoms. The molecule has 0 aliphatic carbocycles. The number of hydrogen-bond acceptors (Lipinski definition) is 7. The molecule has 0 aliphatic rings. The summed E-state index contributed by atoms with van der Waals surface area (Å²) in [6, 6.07) is 29.1. The van der Waals surface area contributed by atoms with Gasteiger partial charge < -0.3 is 24.9 Å². The number of carbonyl (C=O) groups excluding carboxylic acids is 1. The molecule has 1 amide bonds. The lowest BCUT2D eigenvalue weighted by atomic mass is 10.1. The number of benzene rings is 4. The number of hydrogen-bond donors (Lipinski definition) is 2. The second kappa shape index (κ2) is 15.8. The molecule has 0 bridgehead atoms. The maximum Gasteiger partial charge on any atom is 0.300 e. The molecule has 51 heavy (non-hydrogen) atoms. The highest BCUT2D eigenvalue weighted by Crippen LogP contribution is 2.30. The van der Waals surface area contributed by atoms with Crippen LogP contribution in [0, 0.1) is 11.6 Å². The molecule has 0 aliphatic heterocycles. The largest absolute Gasteiger partial charge is 0.497 e. The number of fused-ring (bicyclic) bond motifs is 1. The summed E-state index contributed by atoms with van der Waals surface area (Å²) in [6.07, 6.45) is 5.40. The first-order chi connectivity index (χ1) is 24.8. The van der Waals surface area contributed by atoms with Gasteiger partial charge in [0.15, 0.2) is 5.65 Å². The first-order valence-electron chi connectivity index (χ1n) is 16.0. The molecule has 0 saturated heterocycles. The highest BCUT2D eigenvalue weighted by molar-refractivity contribution is 6.06. The molecule has 4 aromatic carbocycles. The van der Waals surface area contributed by atoms with E-state index in [1.54, 1.807) is 37.6 Å². The Bertz CT molecular complexity index is 2260. The Balaban J connectivity index is 1.49. The van der Waals surface area contributed by atoms with Crippen LogP contribution in [0.1, 0.15) is 38.2 Å². The van der Waals surface area contributed by atoms with Gasteiger partial charge in [-0.1, -0.05) is 78.9 Å². The minimum Gasteiger partial charge on any atom is -0.497 e. The van der Waals surface area contributed by atoms with Gasteiger partial charge in [-0.15, -0.1) is 4.73 Å². The number of methoxy groups -OCH3 is 2. The quantitative estimate of drug-likeness (QED) is 0.134. The molecular weight excluding hydrogens is 654 g/mol. The number of aromatic nitrogens is 2. The number of halogens is 2. The zero-order valence-corrected chi connectivity index (χ0v) is 27.9. The predicted molar refractivity (Wildman–Crippen MR) is 192 cm³/mol. The lowest BCUT2D eigenvalue weighted by molar-refractivity contribution is 0.0898. The number of anilines is 1. The fourth-order valence-electron chi connectivity index (χ4n) is 5.44. The van der Waals surface area contributed by atoms with Gasteiger partial charge in [0.1, 0.15) is 35.3 Å². The molecule has 0 atom stereocenters. The topological polar surface area (TPSA) is 104 Å². The Morgan fingerprint density at radius 1 is 0.824 bits per heavy atom. The Hall–Kier alpha value is -6.49. The van der Waals surface area contributed by atoms with Crippen LogP contribution in [-0.2, 0) is 19.7 Å². The fourth-order valence-corrected chi connectivity index (χ4v) is 5.44. The zero-order valence-electron chi connectivity index (χ0n) is 27.9. The van der Waals surface area contributed by atoms with E-state index in [1.165, 1.54) is 13.2 Å². The maximum atomic E-state index is 14.5. The van der Waals surface area contributed by atoms with Crippen molar-refractivity contribution in [2.24, 2.45) is 0 Å². The van der Waals surface area contributed by atoms with Crippen LogP contribution in [0.4, 0.5) is 14.5 Å². The molecular formula is C40H34F2N4O5. The van der Waals surface area contributed by atoms with Gasteiger partial charge in [-0.2, -0.15) is 0 Å². The summed E-state index contributed by atoms with van der Waals surface area (Å²) in [6.45, 7) is -0.171. The first-order valence-corrected chi connectivity index (χ1v) is 16.0. The minimum absolute atomic E-state index is 0.00482. The summed E-state index contributed by atoms with van der Waals surface area (Å²) in [7, 11) is 3.08. The van der Waals surface area contributed by atoms with Crippen molar-refractivity contribution in [2.45, 2.75) is 19.7 Å². The summed E-state index contributed by atoms with van der Waals surface area (Å²) in [5.41, 5.74) is 2.44. The van der Waals surface area contributed by atoms with Gasteiger partial charge in [-0.3, -0.25) is 9.59 Å². The van der Waals surface area contributed by atoms with Crippen molar-refractivity contribution in [3.05, 3.63) is 165 Å². The van der Waals surface area contributed by atoms with E-state index in [9.17, 15) is 18.4 Å². The van der Waals surface area contributed by atoms with E-state index in [-0.39, 0.29) is 42.2 Å². The number of ether oxygens (including phenoxy) is 2. The van der Waals surface area contributed by atoms with E-state index in [0.717, 1.165) is 28.0 Å². The van der Waals surface area contributed by atoms with Gasteiger partial charge in [0.05, 0.1) is 19.9 Å². The van der Waals surface area contributed by atoms with Crippen molar-refractivity contribution in [3.63, 3.8) is 0 Å². The van der Waals surface area contributed by atoms with E-state index in [0.29, 0.717) is 28.0 Å². The predicted octanol–water partition coefficient (Wildman–Crippen LogP) is 7.03. The van der Waals surface area contributed by atoms with Crippen molar-refractivity contribution >= 4 is 34.8 Å². The molecule has 2 aromatic heterocycles. The van der Waals surface area contributed by atoms with Crippen LogP contribution in [0.25, 0.3) is 23.2 Å². The van der Waals surface area contributed by atoms with Crippen molar-refractivity contribution in [1.82, 2.24) is 15.0 Å². The molecule has 9 nitrogen and oxygen atoms in total. The second-order valence-electron chi connectivity index (χ2n) is 11.4. The van der Waals surface area contributed by atoms with Gasteiger partial charge >= 0.3 is 0 Å². The SMILES string of the molecule is COc1ccc(CNc2c(C(=O)NCc3ccc(F)cc3F)c(=O)n(OCc3ccccc3)c3ncc(/C=C/c4ccccc4)cc23)c(OC)c1. The highest BCUT2D eigenvalue weighted by atomic mass is 19.1. The number of amides is 1. The molecule has 0 radical (unpaired) electrons. The summed E-state index contributed by atoms with van der Waals surface area (Å²) >= 11 is 0. The van der Waals surface area contributed by atoms with Crippen molar-refractivity contribution in [3.8, 4) is 11.5 Å². The van der Waals surface area contributed by atoms with Crippen molar-refractivity contribution < 1.29 is 27.9 Å². The van der Waals surface area contributed by atoms with Crippen LogP contribution in [0.5, 0.6) is 11.5 Å². The standard InChI is InChI=1S/C40H34F2N4O5/c1-49-32-18-16-30(35(21-32)50-2)24-43-37-33-19-28(14-13-26-9-5-3-6-10-26)22-44-38(33)46(51-25-27-11-7-4-8-12-27)40(48)36(37)39(47)45-23-29-15-17-31(41)20-34(29)42/h3-22,43H,23-25H2,1-2H3,(H,45,47)/b14-13+. The molecule has 0 saturated carbocycles. The second-order valence-corrected chi connectivity index (χ2v) is 11.4.